The predicted molar refractivity (Wildman–Crippen MR) is 114 cm³/mol. The average molecular weight is 415 g/mol. The molecule has 1 saturated heterocycles. The highest BCUT2D eigenvalue weighted by molar-refractivity contribution is 7.07. The van der Waals surface area contributed by atoms with Crippen LogP contribution in [0.15, 0.2) is 10.9 Å². The first-order chi connectivity index (χ1) is 13.9. The van der Waals surface area contributed by atoms with Crippen LogP contribution in [0, 0.1) is 15.7 Å². The summed E-state index contributed by atoms with van der Waals surface area (Å²) in [4.78, 5) is 15.0. The second kappa shape index (κ2) is 6.49. The molecule has 0 unspecified atom stereocenters. The molecule has 7 heteroatoms. The van der Waals surface area contributed by atoms with E-state index in [1.54, 1.807) is 7.11 Å². The molecule has 1 saturated carbocycles. The van der Waals surface area contributed by atoms with E-state index in [1.807, 2.05) is 4.90 Å². The van der Waals surface area contributed by atoms with E-state index in [9.17, 15) is 9.90 Å². The number of ether oxygens (including phenoxy) is 1. The molecule has 3 aliphatic heterocycles. The summed E-state index contributed by atoms with van der Waals surface area (Å²) in [6.07, 6.45) is 4.05. The Morgan fingerprint density at radius 2 is 2.03 bits per heavy atom. The minimum atomic E-state index is -0.351. The summed E-state index contributed by atoms with van der Waals surface area (Å²) in [6, 6.07) is 1.73. The molecule has 0 aromatic heterocycles. The standard InChI is InChI=1S/C22H23FN2O3S/c1-11-14-10-15(23)18(24-8-4-5-9-24)20(28-3)17(14)25(13-6-7-13)22-16(11)19(27)21(29-22)12(2)26/h10,13,26H,1,4-9H2,2-3H3/b21-12+. The Hall–Kier alpha value is -2.54. The van der Waals surface area contributed by atoms with Crippen molar-refractivity contribution in [2.24, 2.45) is 0 Å². The zero-order valence-corrected chi connectivity index (χ0v) is 17.4. The average Bonchev–Trinajstić information content (AvgIpc) is 3.25. The Bertz CT molecular complexity index is 1380. The fraction of sp³-hybridized carbons (Fsp3) is 0.409. The van der Waals surface area contributed by atoms with Gasteiger partial charge in [-0.15, -0.1) is 11.3 Å². The fourth-order valence-corrected chi connectivity index (χ4v) is 5.69. The Kier molecular flexibility index (Phi) is 4.13. The third-order valence-corrected chi connectivity index (χ3v) is 7.26. The summed E-state index contributed by atoms with van der Waals surface area (Å²) in [5.74, 6) is 0.154. The molecule has 5 rings (SSSR count). The summed E-state index contributed by atoms with van der Waals surface area (Å²) < 4.78 is 24.3. The number of hydrogen-bond donors (Lipinski definition) is 1. The lowest BCUT2D eigenvalue weighted by atomic mass is 10.1. The maximum Gasteiger partial charge on any atom is 0.209 e. The number of hydrogen-bond acceptors (Lipinski definition) is 5. The summed E-state index contributed by atoms with van der Waals surface area (Å²) in [5, 5.41) is 11.6. The predicted octanol–water partition coefficient (Wildman–Crippen LogP) is 2.97. The Balaban J connectivity index is 2.04. The van der Waals surface area contributed by atoms with Gasteiger partial charge in [-0.05, 0) is 43.9 Å². The Morgan fingerprint density at radius 1 is 1.34 bits per heavy atom. The number of aromatic nitrogens is 1. The first-order valence-corrected chi connectivity index (χ1v) is 10.8. The molecule has 0 atom stereocenters. The first kappa shape index (κ1) is 18.5. The largest absolute Gasteiger partial charge is 0.511 e. The van der Waals surface area contributed by atoms with Gasteiger partial charge in [0.15, 0.2) is 11.6 Å². The molecule has 1 aromatic rings. The molecule has 152 valence electrons. The van der Waals surface area contributed by atoms with Crippen LogP contribution in [0.1, 0.15) is 38.6 Å². The minimum absolute atomic E-state index is 0.00194. The second-order valence-corrected chi connectivity index (χ2v) is 8.94. The van der Waals surface area contributed by atoms with E-state index in [0.29, 0.717) is 31.8 Å². The molecule has 5 nitrogen and oxygen atoms in total. The first-order valence-electron chi connectivity index (χ1n) is 9.95. The third kappa shape index (κ3) is 2.60. The van der Waals surface area contributed by atoms with Gasteiger partial charge in [0.25, 0.3) is 0 Å². The van der Waals surface area contributed by atoms with E-state index in [4.69, 9.17) is 4.74 Å². The smallest absolute Gasteiger partial charge is 0.209 e. The van der Waals surface area contributed by atoms with Crippen LogP contribution < -0.4 is 24.8 Å². The van der Waals surface area contributed by atoms with Crippen LogP contribution in [-0.2, 0) is 0 Å². The molecule has 2 fully saturated rings. The summed E-state index contributed by atoms with van der Waals surface area (Å²) >= 11 is 1.28. The summed E-state index contributed by atoms with van der Waals surface area (Å²) in [7, 11) is 1.57. The van der Waals surface area contributed by atoms with Gasteiger partial charge in [0.05, 0.1) is 17.8 Å². The molecule has 29 heavy (non-hydrogen) atoms. The second-order valence-electron chi connectivity index (χ2n) is 7.94. The summed E-state index contributed by atoms with van der Waals surface area (Å²) in [6.45, 7) is 7.26. The van der Waals surface area contributed by atoms with E-state index in [2.05, 4.69) is 11.1 Å². The Morgan fingerprint density at radius 3 is 2.62 bits per heavy atom. The van der Waals surface area contributed by atoms with Crippen LogP contribution in [0.4, 0.5) is 10.1 Å². The number of anilines is 1. The van der Waals surface area contributed by atoms with Crippen LogP contribution >= 0.6 is 11.3 Å². The van der Waals surface area contributed by atoms with E-state index >= 15 is 4.39 Å². The number of fused-ring (bicyclic) bond motifs is 1. The van der Waals surface area contributed by atoms with E-state index in [1.165, 1.54) is 24.3 Å². The van der Waals surface area contributed by atoms with E-state index in [-0.39, 0.29) is 23.0 Å². The SMILES string of the molecule is C=c1c2c(=O)/c(=C(/C)O)sc=2n(C2CC2)c2c(OC)c(N3CCCC3)c(F)cc12. The van der Waals surface area contributed by atoms with Gasteiger partial charge in [-0.3, -0.25) is 4.79 Å². The molecule has 3 heterocycles. The van der Waals surface area contributed by atoms with Crippen LogP contribution in [0.2, 0.25) is 0 Å². The van der Waals surface area contributed by atoms with Crippen molar-refractivity contribution in [3.63, 3.8) is 0 Å². The fourth-order valence-electron chi connectivity index (χ4n) is 4.50. The molecular formula is C22H23FN2O3S. The molecule has 0 amide bonds. The summed E-state index contributed by atoms with van der Waals surface area (Å²) in [5.41, 5.74) is 1.04. The van der Waals surface area contributed by atoms with Crippen molar-refractivity contribution in [1.82, 2.24) is 4.57 Å². The van der Waals surface area contributed by atoms with Gasteiger partial charge in [0, 0.05) is 24.5 Å². The number of nitrogens with zero attached hydrogens (tertiary/aromatic N) is 2. The van der Waals surface area contributed by atoms with Crippen LogP contribution in [-0.4, -0.2) is 29.9 Å². The van der Waals surface area contributed by atoms with Gasteiger partial charge in [0.2, 0.25) is 5.43 Å². The molecule has 1 N–H and O–H groups in total. The number of aliphatic hydroxyl groups is 1. The lowest BCUT2D eigenvalue weighted by Crippen LogP contribution is -2.26. The van der Waals surface area contributed by atoms with Crippen molar-refractivity contribution < 1.29 is 14.2 Å². The third-order valence-electron chi connectivity index (χ3n) is 5.98. The lowest BCUT2D eigenvalue weighted by Gasteiger charge is -2.24. The van der Waals surface area contributed by atoms with E-state index in [0.717, 1.165) is 49.0 Å². The van der Waals surface area contributed by atoms with Crippen LogP contribution in [0.5, 0.6) is 5.75 Å². The Labute approximate surface area is 170 Å². The maximum absolute atomic E-state index is 15.3. The molecule has 4 aliphatic rings. The molecular weight excluding hydrogens is 391 g/mol. The van der Waals surface area contributed by atoms with Gasteiger partial charge in [-0.25, -0.2) is 4.39 Å². The van der Waals surface area contributed by atoms with Gasteiger partial charge in [-0.2, -0.15) is 0 Å². The normalized spacial score (nSPS) is 18.1. The monoisotopic (exact) mass is 414 g/mol. The van der Waals surface area contributed by atoms with Crippen molar-refractivity contribution in [1.29, 1.82) is 0 Å². The number of benzene rings is 1. The van der Waals surface area contributed by atoms with Crippen molar-refractivity contribution in [2.45, 2.75) is 38.6 Å². The molecule has 0 radical (unpaired) electrons. The van der Waals surface area contributed by atoms with Crippen molar-refractivity contribution in [3.05, 3.63) is 41.7 Å². The highest BCUT2D eigenvalue weighted by atomic mass is 32.1. The number of halogens is 1. The topological polar surface area (TPSA) is 54.7 Å². The molecule has 1 aromatic carbocycles. The van der Waals surface area contributed by atoms with Crippen molar-refractivity contribution in [3.8, 4) is 5.75 Å². The lowest BCUT2D eigenvalue weighted by molar-refractivity contribution is 0.413. The van der Waals surface area contributed by atoms with E-state index < -0.39 is 0 Å². The van der Waals surface area contributed by atoms with Crippen LogP contribution in [0.25, 0.3) is 23.2 Å². The van der Waals surface area contributed by atoms with Gasteiger partial charge >= 0.3 is 0 Å². The quantitative estimate of drug-likeness (QED) is 0.716. The van der Waals surface area contributed by atoms with Crippen molar-refractivity contribution in [2.75, 3.05) is 25.1 Å². The van der Waals surface area contributed by atoms with Gasteiger partial charge < -0.3 is 19.3 Å². The molecule has 1 aliphatic carbocycles. The maximum atomic E-state index is 15.3. The minimum Gasteiger partial charge on any atom is -0.511 e. The molecule has 0 spiro atoms. The van der Waals surface area contributed by atoms with Crippen LogP contribution in [0.3, 0.4) is 0 Å². The number of rotatable bonds is 3. The number of methoxy groups -OCH3 is 1. The molecule has 0 bridgehead atoms. The zero-order chi connectivity index (χ0) is 20.4. The van der Waals surface area contributed by atoms with Gasteiger partial charge in [-0.1, -0.05) is 6.58 Å². The van der Waals surface area contributed by atoms with Gasteiger partial charge in [0.1, 0.15) is 20.6 Å². The van der Waals surface area contributed by atoms with Crippen molar-refractivity contribution >= 4 is 40.3 Å². The zero-order valence-electron chi connectivity index (χ0n) is 16.5. The number of aliphatic hydroxyl groups excluding tert-OH is 1. The highest BCUT2D eigenvalue weighted by Crippen LogP contribution is 2.44. The highest BCUT2D eigenvalue weighted by Gasteiger charge is 2.31.